The highest BCUT2D eigenvalue weighted by molar-refractivity contribution is 4.69. The van der Waals surface area contributed by atoms with E-state index >= 15 is 0 Å². The van der Waals surface area contributed by atoms with Crippen LogP contribution in [-0.2, 0) is 0 Å². The maximum absolute atomic E-state index is 5.59. The first kappa shape index (κ1) is 15.9. The van der Waals surface area contributed by atoms with Crippen molar-refractivity contribution in [2.24, 2.45) is 11.7 Å². The first-order chi connectivity index (χ1) is 7.65. The van der Waals surface area contributed by atoms with Crippen molar-refractivity contribution in [2.75, 3.05) is 19.6 Å². The van der Waals surface area contributed by atoms with Crippen molar-refractivity contribution < 1.29 is 0 Å². The van der Waals surface area contributed by atoms with Gasteiger partial charge in [-0.05, 0) is 45.7 Å². The van der Waals surface area contributed by atoms with Crippen LogP contribution in [0.5, 0.6) is 0 Å². The molecular formula is C14H32N2. The molecule has 0 aliphatic heterocycles. The van der Waals surface area contributed by atoms with Gasteiger partial charge < -0.3 is 10.6 Å². The van der Waals surface area contributed by atoms with Crippen LogP contribution in [0, 0.1) is 5.92 Å². The van der Waals surface area contributed by atoms with Crippen LogP contribution in [0.2, 0.25) is 0 Å². The van der Waals surface area contributed by atoms with Crippen molar-refractivity contribution in [3.63, 3.8) is 0 Å². The zero-order valence-corrected chi connectivity index (χ0v) is 11.8. The number of nitrogens with two attached hydrogens (primary N) is 1. The smallest absolute Gasteiger partial charge is 0.00387 e. The summed E-state index contributed by atoms with van der Waals surface area (Å²) >= 11 is 0. The van der Waals surface area contributed by atoms with E-state index in [1.165, 1.54) is 32.2 Å². The van der Waals surface area contributed by atoms with Gasteiger partial charge in [0.1, 0.15) is 0 Å². The Kier molecular flexibility index (Phi) is 10.0. The van der Waals surface area contributed by atoms with Gasteiger partial charge in [0.15, 0.2) is 0 Å². The minimum absolute atomic E-state index is 0.655. The summed E-state index contributed by atoms with van der Waals surface area (Å²) in [4.78, 5) is 2.59. The van der Waals surface area contributed by atoms with Gasteiger partial charge in [0.05, 0.1) is 0 Å². The van der Waals surface area contributed by atoms with Gasteiger partial charge >= 0.3 is 0 Å². The van der Waals surface area contributed by atoms with Gasteiger partial charge in [-0.2, -0.15) is 0 Å². The summed E-state index contributed by atoms with van der Waals surface area (Å²) in [7, 11) is 0. The normalized spacial score (nSPS) is 13.7. The number of rotatable bonds is 10. The number of hydrogen-bond donors (Lipinski definition) is 1. The van der Waals surface area contributed by atoms with Crippen molar-refractivity contribution in [1.29, 1.82) is 0 Å². The Bertz CT molecular complexity index is 146. The maximum atomic E-state index is 5.59. The van der Waals surface area contributed by atoms with Crippen LogP contribution in [0.15, 0.2) is 0 Å². The molecular weight excluding hydrogens is 196 g/mol. The molecule has 0 saturated heterocycles. The highest BCUT2D eigenvalue weighted by Crippen LogP contribution is 2.15. The molecule has 2 N–H and O–H groups in total. The molecule has 0 fully saturated rings. The molecule has 0 aromatic carbocycles. The SMILES string of the molecule is CCCCC(CC)CN(CCCN)C(C)C. The van der Waals surface area contributed by atoms with Gasteiger partial charge in [0.2, 0.25) is 0 Å². The van der Waals surface area contributed by atoms with E-state index in [1.807, 2.05) is 0 Å². The largest absolute Gasteiger partial charge is 0.330 e. The van der Waals surface area contributed by atoms with E-state index in [-0.39, 0.29) is 0 Å². The predicted octanol–water partition coefficient (Wildman–Crippen LogP) is 3.26. The molecule has 0 aliphatic rings. The fourth-order valence-corrected chi connectivity index (χ4v) is 2.10. The summed E-state index contributed by atoms with van der Waals surface area (Å²) in [5.74, 6) is 0.875. The van der Waals surface area contributed by atoms with Crippen LogP contribution in [0.4, 0.5) is 0 Å². The predicted molar refractivity (Wildman–Crippen MR) is 73.7 cm³/mol. The van der Waals surface area contributed by atoms with Gasteiger partial charge in [-0.15, -0.1) is 0 Å². The molecule has 2 heteroatoms. The molecule has 0 bridgehead atoms. The Balaban J connectivity index is 4.01. The van der Waals surface area contributed by atoms with E-state index in [0.717, 1.165) is 25.4 Å². The van der Waals surface area contributed by atoms with Crippen LogP contribution in [-0.4, -0.2) is 30.6 Å². The highest BCUT2D eigenvalue weighted by atomic mass is 15.1. The number of unbranched alkanes of at least 4 members (excludes halogenated alkanes) is 1. The quantitative estimate of drug-likeness (QED) is 0.622. The molecule has 0 aliphatic carbocycles. The highest BCUT2D eigenvalue weighted by Gasteiger charge is 2.14. The van der Waals surface area contributed by atoms with E-state index in [9.17, 15) is 0 Å². The van der Waals surface area contributed by atoms with E-state index in [2.05, 4.69) is 32.6 Å². The fraction of sp³-hybridized carbons (Fsp3) is 1.00. The lowest BCUT2D eigenvalue weighted by Gasteiger charge is -2.30. The lowest BCUT2D eigenvalue weighted by molar-refractivity contribution is 0.177. The summed E-state index contributed by atoms with van der Waals surface area (Å²) < 4.78 is 0. The third kappa shape index (κ3) is 7.24. The van der Waals surface area contributed by atoms with E-state index < -0.39 is 0 Å². The Morgan fingerprint density at radius 3 is 2.25 bits per heavy atom. The van der Waals surface area contributed by atoms with Gasteiger partial charge in [-0.25, -0.2) is 0 Å². The monoisotopic (exact) mass is 228 g/mol. The molecule has 0 saturated carbocycles. The topological polar surface area (TPSA) is 29.3 Å². The van der Waals surface area contributed by atoms with Crippen molar-refractivity contribution in [3.8, 4) is 0 Å². The van der Waals surface area contributed by atoms with Crippen molar-refractivity contribution in [1.82, 2.24) is 4.90 Å². The van der Waals surface area contributed by atoms with Crippen LogP contribution in [0.25, 0.3) is 0 Å². The van der Waals surface area contributed by atoms with E-state index in [0.29, 0.717) is 6.04 Å². The molecule has 1 unspecified atom stereocenters. The number of nitrogens with zero attached hydrogens (tertiary/aromatic N) is 1. The average Bonchev–Trinajstić information content (AvgIpc) is 2.28. The molecule has 98 valence electrons. The zero-order valence-electron chi connectivity index (χ0n) is 11.8. The van der Waals surface area contributed by atoms with Crippen molar-refractivity contribution in [2.45, 2.75) is 65.8 Å². The van der Waals surface area contributed by atoms with E-state index in [1.54, 1.807) is 0 Å². The first-order valence-corrected chi connectivity index (χ1v) is 7.09. The third-order valence-corrected chi connectivity index (χ3v) is 3.42. The molecule has 16 heavy (non-hydrogen) atoms. The summed E-state index contributed by atoms with van der Waals surface area (Å²) in [5.41, 5.74) is 5.59. The van der Waals surface area contributed by atoms with Crippen molar-refractivity contribution in [3.05, 3.63) is 0 Å². The summed E-state index contributed by atoms with van der Waals surface area (Å²) in [6.07, 6.45) is 6.52. The molecule has 2 nitrogen and oxygen atoms in total. The zero-order chi connectivity index (χ0) is 12.4. The van der Waals surface area contributed by atoms with E-state index in [4.69, 9.17) is 5.73 Å². The molecule has 0 aromatic rings. The summed E-state index contributed by atoms with van der Waals surface area (Å²) in [6, 6.07) is 0.655. The van der Waals surface area contributed by atoms with Crippen LogP contribution in [0.3, 0.4) is 0 Å². The molecule has 0 aromatic heterocycles. The lowest BCUT2D eigenvalue weighted by atomic mass is 9.98. The standard InChI is InChI=1S/C14H32N2/c1-5-7-9-14(6-2)12-16(13(3)4)11-8-10-15/h13-14H,5-12,15H2,1-4H3. The second kappa shape index (κ2) is 10.1. The van der Waals surface area contributed by atoms with Crippen LogP contribution in [0.1, 0.15) is 59.8 Å². The fourth-order valence-electron chi connectivity index (χ4n) is 2.10. The minimum atomic E-state index is 0.655. The molecule has 0 rings (SSSR count). The first-order valence-electron chi connectivity index (χ1n) is 7.09. The molecule has 0 heterocycles. The van der Waals surface area contributed by atoms with Gasteiger partial charge in [0, 0.05) is 12.6 Å². The van der Waals surface area contributed by atoms with Crippen LogP contribution < -0.4 is 5.73 Å². The lowest BCUT2D eigenvalue weighted by Crippen LogP contribution is -2.36. The Labute approximate surface area is 103 Å². The van der Waals surface area contributed by atoms with Crippen molar-refractivity contribution >= 4 is 0 Å². The van der Waals surface area contributed by atoms with Gasteiger partial charge in [-0.3, -0.25) is 0 Å². The summed E-state index contributed by atoms with van der Waals surface area (Å²) in [5, 5.41) is 0. The van der Waals surface area contributed by atoms with Crippen LogP contribution >= 0.6 is 0 Å². The third-order valence-electron chi connectivity index (χ3n) is 3.42. The molecule has 0 spiro atoms. The molecule has 0 radical (unpaired) electrons. The second-order valence-electron chi connectivity index (χ2n) is 5.15. The molecule has 1 atom stereocenters. The Hall–Kier alpha value is -0.0800. The maximum Gasteiger partial charge on any atom is 0.00387 e. The minimum Gasteiger partial charge on any atom is -0.330 e. The average molecular weight is 228 g/mol. The Morgan fingerprint density at radius 2 is 1.81 bits per heavy atom. The number of hydrogen-bond acceptors (Lipinski definition) is 2. The van der Waals surface area contributed by atoms with Gasteiger partial charge in [-0.1, -0.05) is 33.1 Å². The van der Waals surface area contributed by atoms with Gasteiger partial charge in [0.25, 0.3) is 0 Å². The summed E-state index contributed by atoms with van der Waals surface area (Å²) in [6.45, 7) is 12.4. The second-order valence-corrected chi connectivity index (χ2v) is 5.15. The Morgan fingerprint density at radius 1 is 1.12 bits per heavy atom. The molecule has 0 amide bonds.